The van der Waals surface area contributed by atoms with Crippen molar-refractivity contribution in [1.82, 2.24) is 9.61 Å². The molecule has 0 radical (unpaired) electrons. The molecule has 0 atom stereocenters. The molecule has 0 aliphatic heterocycles. The Labute approximate surface area is 102 Å². The van der Waals surface area contributed by atoms with Gasteiger partial charge in [0.15, 0.2) is 17.3 Å². The third-order valence-corrected chi connectivity index (χ3v) is 2.57. The van der Waals surface area contributed by atoms with Crippen molar-refractivity contribution in [2.75, 3.05) is 5.73 Å². The lowest BCUT2D eigenvalue weighted by Crippen LogP contribution is -1.93. The fraction of sp³-hybridized carbons (Fsp3) is 0. The molecule has 4 nitrogen and oxygen atoms in total. The lowest BCUT2D eigenvalue weighted by molar-refractivity contribution is 0.445. The third-order valence-electron chi connectivity index (χ3n) is 2.57. The van der Waals surface area contributed by atoms with Crippen LogP contribution in [0.5, 0.6) is 11.5 Å². The lowest BCUT2D eigenvalue weighted by Gasteiger charge is -2.08. The van der Waals surface area contributed by atoms with E-state index in [0.29, 0.717) is 11.4 Å². The van der Waals surface area contributed by atoms with Crippen molar-refractivity contribution >= 4 is 11.2 Å². The highest BCUT2D eigenvalue weighted by Gasteiger charge is 2.08. The monoisotopic (exact) mass is 243 g/mol. The van der Waals surface area contributed by atoms with Crippen LogP contribution >= 0.6 is 0 Å². The predicted molar refractivity (Wildman–Crippen MR) is 66.1 cm³/mol. The highest BCUT2D eigenvalue weighted by atomic mass is 19.1. The van der Waals surface area contributed by atoms with Gasteiger partial charge in [0.1, 0.15) is 5.52 Å². The molecule has 0 bridgehead atoms. The third kappa shape index (κ3) is 1.75. The minimum atomic E-state index is -0.489. The Morgan fingerprint density at radius 1 is 1.17 bits per heavy atom. The normalized spacial score (nSPS) is 10.7. The molecule has 0 aliphatic rings. The summed E-state index contributed by atoms with van der Waals surface area (Å²) in [6.07, 6.45) is 3.45. The number of fused-ring (bicyclic) bond motifs is 1. The van der Waals surface area contributed by atoms with Crippen LogP contribution in [0.3, 0.4) is 0 Å². The smallest absolute Gasteiger partial charge is 0.167 e. The van der Waals surface area contributed by atoms with Crippen LogP contribution in [0.25, 0.3) is 5.52 Å². The molecule has 3 aromatic rings. The molecule has 2 heterocycles. The van der Waals surface area contributed by atoms with Crippen molar-refractivity contribution < 1.29 is 9.13 Å². The zero-order valence-electron chi connectivity index (χ0n) is 9.38. The standard InChI is InChI=1S/C13H10FN3O/c14-10-8-9(15)3-4-12(10)18-13-2-1-7-17-11(13)5-6-16-17/h1-8H,15H2. The van der Waals surface area contributed by atoms with E-state index in [-0.39, 0.29) is 5.75 Å². The van der Waals surface area contributed by atoms with E-state index in [9.17, 15) is 4.39 Å². The first-order valence-corrected chi connectivity index (χ1v) is 5.39. The molecule has 1 aromatic carbocycles. The van der Waals surface area contributed by atoms with Crippen molar-refractivity contribution in [1.29, 1.82) is 0 Å². The number of ether oxygens (including phenoxy) is 1. The number of nitrogen functional groups attached to an aromatic ring is 1. The van der Waals surface area contributed by atoms with Crippen molar-refractivity contribution in [3.63, 3.8) is 0 Å². The molecule has 5 heteroatoms. The van der Waals surface area contributed by atoms with Crippen LogP contribution in [-0.2, 0) is 0 Å². The predicted octanol–water partition coefficient (Wildman–Crippen LogP) is 2.85. The Morgan fingerprint density at radius 2 is 2.06 bits per heavy atom. The average molecular weight is 243 g/mol. The minimum absolute atomic E-state index is 0.138. The first-order valence-electron chi connectivity index (χ1n) is 5.39. The summed E-state index contributed by atoms with van der Waals surface area (Å²) in [5.41, 5.74) is 6.62. The number of aromatic nitrogens is 2. The van der Waals surface area contributed by atoms with Crippen LogP contribution in [0, 0.1) is 5.82 Å². The highest BCUT2D eigenvalue weighted by Crippen LogP contribution is 2.28. The maximum Gasteiger partial charge on any atom is 0.167 e. The molecule has 2 aromatic heterocycles. The Balaban J connectivity index is 2.03. The van der Waals surface area contributed by atoms with E-state index in [1.54, 1.807) is 41.2 Å². The van der Waals surface area contributed by atoms with E-state index in [2.05, 4.69) is 5.10 Å². The largest absolute Gasteiger partial charge is 0.452 e. The first-order chi connectivity index (χ1) is 8.74. The SMILES string of the molecule is Nc1ccc(Oc2cccn3nccc23)c(F)c1. The van der Waals surface area contributed by atoms with Gasteiger partial charge in [-0.25, -0.2) is 8.91 Å². The summed E-state index contributed by atoms with van der Waals surface area (Å²) in [7, 11) is 0. The van der Waals surface area contributed by atoms with Crippen LogP contribution in [-0.4, -0.2) is 9.61 Å². The van der Waals surface area contributed by atoms with E-state index in [1.807, 2.05) is 0 Å². The number of hydrogen-bond acceptors (Lipinski definition) is 3. The number of nitrogens with zero attached hydrogens (tertiary/aromatic N) is 2. The van der Waals surface area contributed by atoms with E-state index in [4.69, 9.17) is 10.5 Å². The zero-order valence-corrected chi connectivity index (χ0v) is 9.38. The van der Waals surface area contributed by atoms with E-state index < -0.39 is 5.82 Å². The summed E-state index contributed by atoms with van der Waals surface area (Å²) < 4.78 is 20.8. The Morgan fingerprint density at radius 3 is 2.89 bits per heavy atom. The molecular weight excluding hydrogens is 233 g/mol. The average Bonchev–Trinajstić information content (AvgIpc) is 2.82. The van der Waals surface area contributed by atoms with E-state index in [0.717, 1.165) is 5.52 Å². The van der Waals surface area contributed by atoms with Crippen molar-refractivity contribution in [3.05, 3.63) is 54.6 Å². The van der Waals surface area contributed by atoms with Gasteiger partial charge in [-0.1, -0.05) is 0 Å². The molecule has 0 saturated carbocycles. The lowest BCUT2D eigenvalue weighted by atomic mass is 10.3. The second kappa shape index (κ2) is 4.03. The number of benzene rings is 1. The number of nitrogens with two attached hydrogens (primary N) is 1. The molecule has 90 valence electrons. The molecule has 0 saturated heterocycles. The number of anilines is 1. The molecule has 0 fully saturated rings. The maximum absolute atomic E-state index is 13.6. The Bertz CT molecular complexity index is 708. The summed E-state index contributed by atoms with van der Waals surface area (Å²) in [6, 6.07) is 9.66. The number of halogens is 1. The van der Waals surface area contributed by atoms with Crippen LogP contribution in [0.15, 0.2) is 48.8 Å². The van der Waals surface area contributed by atoms with Gasteiger partial charge in [-0.2, -0.15) is 5.10 Å². The van der Waals surface area contributed by atoms with Crippen molar-refractivity contribution in [2.45, 2.75) is 0 Å². The van der Waals surface area contributed by atoms with E-state index >= 15 is 0 Å². The van der Waals surface area contributed by atoms with Crippen molar-refractivity contribution in [2.24, 2.45) is 0 Å². The summed E-state index contributed by atoms with van der Waals surface area (Å²) in [4.78, 5) is 0. The fourth-order valence-corrected chi connectivity index (χ4v) is 1.73. The van der Waals surface area contributed by atoms with Gasteiger partial charge in [0.2, 0.25) is 0 Å². The summed E-state index contributed by atoms with van der Waals surface area (Å²) >= 11 is 0. The molecule has 0 spiro atoms. The second-order valence-corrected chi connectivity index (χ2v) is 3.83. The van der Waals surface area contributed by atoms with Gasteiger partial charge in [-0.15, -0.1) is 0 Å². The Hall–Kier alpha value is -2.56. The molecule has 0 amide bonds. The first kappa shape index (κ1) is 10.6. The van der Waals surface area contributed by atoms with Gasteiger partial charge in [0.05, 0.1) is 6.20 Å². The van der Waals surface area contributed by atoms with Gasteiger partial charge in [-0.05, 0) is 30.3 Å². The van der Waals surface area contributed by atoms with E-state index in [1.165, 1.54) is 12.1 Å². The molecule has 0 aliphatic carbocycles. The minimum Gasteiger partial charge on any atom is -0.452 e. The highest BCUT2D eigenvalue weighted by molar-refractivity contribution is 5.60. The number of pyridine rings is 1. The van der Waals surface area contributed by atoms with Crippen LogP contribution < -0.4 is 10.5 Å². The van der Waals surface area contributed by atoms with Crippen LogP contribution in [0.1, 0.15) is 0 Å². The molecular formula is C13H10FN3O. The van der Waals surface area contributed by atoms with Gasteiger partial charge in [0.25, 0.3) is 0 Å². The summed E-state index contributed by atoms with van der Waals surface area (Å²) in [5, 5.41) is 4.08. The van der Waals surface area contributed by atoms with Gasteiger partial charge in [-0.3, -0.25) is 0 Å². The van der Waals surface area contributed by atoms with Crippen LogP contribution in [0.2, 0.25) is 0 Å². The quantitative estimate of drug-likeness (QED) is 0.704. The van der Waals surface area contributed by atoms with Crippen molar-refractivity contribution in [3.8, 4) is 11.5 Å². The maximum atomic E-state index is 13.6. The molecule has 2 N–H and O–H groups in total. The Kier molecular flexibility index (Phi) is 2.37. The molecule has 3 rings (SSSR count). The molecule has 0 unspecified atom stereocenters. The van der Waals surface area contributed by atoms with Crippen LogP contribution in [0.4, 0.5) is 10.1 Å². The van der Waals surface area contributed by atoms with Gasteiger partial charge >= 0.3 is 0 Å². The van der Waals surface area contributed by atoms with Gasteiger partial charge in [0, 0.05) is 18.0 Å². The topological polar surface area (TPSA) is 52.5 Å². The number of rotatable bonds is 2. The van der Waals surface area contributed by atoms with Gasteiger partial charge < -0.3 is 10.5 Å². The summed E-state index contributed by atoms with van der Waals surface area (Å²) in [6.45, 7) is 0. The second-order valence-electron chi connectivity index (χ2n) is 3.83. The molecule has 18 heavy (non-hydrogen) atoms. The summed E-state index contributed by atoms with van der Waals surface area (Å²) in [5.74, 6) is 0.189. The number of hydrogen-bond donors (Lipinski definition) is 1. The zero-order chi connectivity index (χ0) is 12.5. The fourth-order valence-electron chi connectivity index (χ4n) is 1.73.